The summed E-state index contributed by atoms with van der Waals surface area (Å²) in [7, 11) is 1.54. The first-order valence-electron chi connectivity index (χ1n) is 9.34. The van der Waals surface area contributed by atoms with E-state index in [0.717, 1.165) is 6.07 Å². The van der Waals surface area contributed by atoms with Crippen LogP contribution in [0.2, 0.25) is 0 Å². The van der Waals surface area contributed by atoms with E-state index >= 15 is 0 Å². The standard InChI is InChI=1S/C21H20FN3O4/c1-29-15-7-5-14(6-8-15)23-19(26)12-25-18-11-13(22)4-9-16(18)20(27)24-10-2-3-17(24)21(25)28/h4-9,11,17H,2-3,10,12H2,1H3,(H,23,26). The maximum Gasteiger partial charge on any atom is 0.256 e. The van der Waals surface area contributed by atoms with Crippen LogP contribution in [0.3, 0.4) is 0 Å². The van der Waals surface area contributed by atoms with Crippen molar-refractivity contribution in [2.24, 2.45) is 0 Å². The lowest BCUT2D eigenvalue weighted by molar-refractivity contribution is -0.124. The number of fused-ring (bicyclic) bond motifs is 2. The maximum atomic E-state index is 13.9. The number of nitrogens with one attached hydrogen (secondary N) is 1. The monoisotopic (exact) mass is 397 g/mol. The highest BCUT2D eigenvalue weighted by Crippen LogP contribution is 2.33. The zero-order valence-corrected chi connectivity index (χ0v) is 15.9. The summed E-state index contributed by atoms with van der Waals surface area (Å²) < 4.78 is 19.0. The summed E-state index contributed by atoms with van der Waals surface area (Å²) in [6.45, 7) is 0.150. The summed E-state index contributed by atoms with van der Waals surface area (Å²) in [5.74, 6) is -1.06. The molecule has 0 bridgehead atoms. The number of nitrogens with zero attached hydrogens (tertiary/aromatic N) is 2. The molecule has 8 heteroatoms. The average molecular weight is 397 g/mol. The lowest BCUT2D eigenvalue weighted by atomic mass is 10.1. The second-order valence-corrected chi connectivity index (χ2v) is 7.02. The minimum Gasteiger partial charge on any atom is -0.497 e. The molecular weight excluding hydrogens is 377 g/mol. The van der Waals surface area contributed by atoms with Gasteiger partial charge in [-0.1, -0.05) is 0 Å². The Morgan fingerprint density at radius 2 is 1.97 bits per heavy atom. The van der Waals surface area contributed by atoms with E-state index < -0.39 is 17.8 Å². The van der Waals surface area contributed by atoms with Gasteiger partial charge in [-0.05, 0) is 55.3 Å². The van der Waals surface area contributed by atoms with Gasteiger partial charge in [0.05, 0.1) is 18.4 Å². The van der Waals surface area contributed by atoms with Crippen LogP contribution in [-0.2, 0) is 9.59 Å². The molecule has 1 saturated heterocycles. The molecule has 0 spiro atoms. The second-order valence-electron chi connectivity index (χ2n) is 7.02. The molecule has 1 N–H and O–H groups in total. The fourth-order valence-corrected chi connectivity index (χ4v) is 3.81. The third-order valence-electron chi connectivity index (χ3n) is 5.22. The van der Waals surface area contributed by atoms with Gasteiger partial charge in [-0.25, -0.2) is 4.39 Å². The predicted molar refractivity (Wildman–Crippen MR) is 104 cm³/mol. The van der Waals surface area contributed by atoms with Crippen molar-refractivity contribution in [1.29, 1.82) is 0 Å². The van der Waals surface area contributed by atoms with E-state index in [-0.39, 0.29) is 29.6 Å². The Kier molecular flexibility index (Phi) is 4.92. The maximum absolute atomic E-state index is 13.9. The first kappa shape index (κ1) is 18.9. The number of anilines is 2. The summed E-state index contributed by atoms with van der Waals surface area (Å²) in [6, 6.07) is 9.81. The smallest absolute Gasteiger partial charge is 0.256 e. The molecule has 2 heterocycles. The Morgan fingerprint density at radius 1 is 1.21 bits per heavy atom. The van der Waals surface area contributed by atoms with Crippen LogP contribution in [0.5, 0.6) is 5.75 Å². The fraction of sp³-hybridized carbons (Fsp3) is 0.286. The topological polar surface area (TPSA) is 79.0 Å². The molecule has 29 heavy (non-hydrogen) atoms. The van der Waals surface area contributed by atoms with Crippen LogP contribution in [-0.4, -0.2) is 48.9 Å². The van der Waals surface area contributed by atoms with Crippen LogP contribution in [0.25, 0.3) is 0 Å². The van der Waals surface area contributed by atoms with Gasteiger partial charge in [-0.3, -0.25) is 14.4 Å². The Morgan fingerprint density at radius 3 is 2.69 bits per heavy atom. The van der Waals surface area contributed by atoms with Crippen molar-refractivity contribution in [2.45, 2.75) is 18.9 Å². The van der Waals surface area contributed by atoms with Crippen LogP contribution in [0.1, 0.15) is 23.2 Å². The molecule has 1 unspecified atom stereocenters. The Labute approximate surface area is 167 Å². The lowest BCUT2D eigenvalue weighted by Crippen LogP contribution is -2.47. The number of hydrogen-bond acceptors (Lipinski definition) is 4. The lowest BCUT2D eigenvalue weighted by Gasteiger charge is -2.25. The summed E-state index contributed by atoms with van der Waals surface area (Å²) in [5, 5.41) is 2.72. The Balaban J connectivity index is 1.62. The first-order chi connectivity index (χ1) is 14.0. The van der Waals surface area contributed by atoms with Crippen LogP contribution in [0.15, 0.2) is 42.5 Å². The molecule has 2 aromatic carbocycles. The van der Waals surface area contributed by atoms with Crippen molar-refractivity contribution in [1.82, 2.24) is 4.90 Å². The van der Waals surface area contributed by atoms with E-state index in [9.17, 15) is 18.8 Å². The molecule has 1 fully saturated rings. The molecule has 7 nitrogen and oxygen atoms in total. The molecule has 3 amide bonds. The molecular formula is C21H20FN3O4. The Bertz CT molecular complexity index is 976. The third-order valence-corrected chi connectivity index (χ3v) is 5.22. The zero-order chi connectivity index (χ0) is 20.5. The molecule has 2 aliphatic rings. The van der Waals surface area contributed by atoms with Crippen molar-refractivity contribution in [3.05, 3.63) is 53.8 Å². The van der Waals surface area contributed by atoms with Gasteiger partial charge in [-0.15, -0.1) is 0 Å². The van der Waals surface area contributed by atoms with Gasteiger partial charge in [0.1, 0.15) is 24.2 Å². The van der Waals surface area contributed by atoms with Crippen molar-refractivity contribution in [3.63, 3.8) is 0 Å². The van der Waals surface area contributed by atoms with E-state index in [1.807, 2.05) is 0 Å². The summed E-state index contributed by atoms with van der Waals surface area (Å²) in [5.41, 5.74) is 0.886. The molecule has 0 aromatic heterocycles. The van der Waals surface area contributed by atoms with E-state index in [1.165, 1.54) is 21.9 Å². The number of benzene rings is 2. The molecule has 150 valence electrons. The number of halogens is 1. The summed E-state index contributed by atoms with van der Waals surface area (Å²) in [4.78, 5) is 41.4. The van der Waals surface area contributed by atoms with E-state index in [1.54, 1.807) is 31.4 Å². The van der Waals surface area contributed by atoms with E-state index in [2.05, 4.69) is 5.32 Å². The largest absolute Gasteiger partial charge is 0.497 e. The van der Waals surface area contributed by atoms with Crippen LogP contribution < -0.4 is 15.0 Å². The van der Waals surface area contributed by atoms with Gasteiger partial charge in [0, 0.05) is 12.2 Å². The zero-order valence-electron chi connectivity index (χ0n) is 15.9. The van der Waals surface area contributed by atoms with E-state index in [0.29, 0.717) is 30.8 Å². The van der Waals surface area contributed by atoms with Crippen molar-refractivity contribution in [2.75, 3.05) is 30.4 Å². The van der Waals surface area contributed by atoms with Crippen LogP contribution in [0.4, 0.5) is 15.8 Å². The number of hydrogen-bond donors (Lipinski definition) is 1. The summed E-state index contributed by atoms with van der Waals surface area (Å²) in [6.07, 6.45) is 1.24. The molecule has 0 aliphatic carbocycles. The molecule has 2 aromatic rings. The number of ether oxygens (including phenoxy) is 1. The SMILES string of the molecule is COc1ccc(NC(=O)CN2C(=O)C3CCCN3C(=O)c3ccc(F)cc32)cc1. The molecule has 0 saturated carbocycles. The average Bonchev–Trinajstić information content (AvgIpc) is 3.19. The highest BCUT2D eigenvalue weighted by molar-refractivity contribution is 6.13. The first-order valence-corrected chi connectivity index (χ1v) is 9.34. The number of rotatable bonds is 4. The van der Waals surface area contributed by atoms with Gasteiger partial charge in [0.25, 0.3) is 5.91 Å². The normalized spacial score (nSPS) is 18.2. The molecule has 0 radical (unpaired) electrons. The van der Waals surface area contributed by atoms with Crippen LogP contribution >= 0.6 is 0 Å². The number of methoxy groups -OCH3 is 1. The number of carbonyl (C=O) groups excluding carboxylic acids is 3. The minimum atomic E-state index is -0.633. The quantitative estimate of drug-likeness (QED) is 0.860. The predicted octanol–water partition coefficient (Wildman–Crippen LogP) is 2.42. The fourth-order valence-electron chi connectivity index (χ4n) is 3.81. The van der Waals surface area contributed by atoms with Gasteiger partial charge >= 0.3 is 0 Å². The minimum absolute atomic E-state index is 0.124. The number of carbonyl (C=O) groups is 3. The van der Waals surface area contributed by atoms with Crippen molar-refractivity contribution < 1.29 is 23.5 Å². The van der Waals surface area contributed by atoms with Gasteiger partial charge < -0.3 is 19.9 Å². The second kappa shape index (κ2) is 7.54. The molecule has 2 aliphatic heterocycles. The van der Waals surface area contributed by atoms with Crippen LogP contribution in [0, 0.1) is 5.82 Å². The highest BCUT2D eigenvalue weighted by atomic mass is 19.1. The third kappa shape index (κ3) is 3.53. The Hall–Kier alpha value is -3.42. The van der Waals surface area contributed by atoms with Gasteiger partial charge in [0.2, 0.25) is 11.8 Å². The molecule has 4 rings (SSSR count). The van der Waals surface area contributed by atoms with Crippen molar-refractivity contribution >= 4 is 29.1 Å². The summed E-state index contributed by atoms with van der Waals surface area (Å²) >= 11 is 0. The molecule has 1 atom stereocenters. The van der Waals surface area contributed by atoms with Crippen molar-refractivity contribution in [3.8, 4) is 5.75 Å². The van der Waals surface area contributed by atoms with Gasteiger partial charge in [0.15, 0.2) is 0 Å². The highest BCUT2D eigenvalue weighted by Gasteiger charge is 2.42. The number of amides is 3. The van der Waals surface area contributed by atoms with E-state index in [4.69, 9.17) is 4.74 Å². The van der Waals surface area contributed by atoms with Gasteiger partial charge in [-0.2, -0.15) is 0 Å².